The molecule has 1 aliphatic rings. The molecule has 7 heteroatoms. The average Bonchev–Trinajstić information content (AvgIpc) is 2.88. The van der Waals surface area contributed by atoms with E-state index in [9.17, 15) is 14.9 Å². The van der Waals surface area contributed by atoms with E-state index in [4.69, 9.17) is 0 Å². The van der Waals surface area contributed by atoms with Gasteiger partial charge in [0.1, 0.15) is 11.1 Å². The molecule has 0 spiro atoms. The van der Waals surface area contributed by atoms with Crippen LogP contribution in [0.5, 0.6) is 0 Å². The molecule has 25 heavy (non-hydrogen) atoms. The molecule has 2 rings (SSSR count). The molecule has 1 aliphatic carbocycles. The van der Waals surface area contributed by atoms with Gasteiger partial charge in [-0.1, -0.05) is 13.8 Å². The third-order valence-corrected chi connectivity index (χ3v) is 5.45. The number of hydrogen-bond acceptors (Lipinski definition) is 5. The fraction of sp³-hybridized carbons (Fsp3) is 0.611. The number of carbonyl (C=O) groups excluding carboxylic acids is 2. The Morgan fingerprint density at radius 1 is 1.36 bits per heavy atom. The molecule has 136 valence electrons. The third kappa shape index (κ3) is 5.28. The molecule has 2 amide bonds. The van der Waals surface area contributed by atoms with E-state index in [1.807, 2.05) is 6.92 Å². The zero-order chi connectivity index (χ0) is 18.4. The van der Waals surface area contributed by atoms with Crippen LogP contribution in [0, 0.1) is 17.2 Å². The predicted octanol–water partition coefficient (Wildman–Crippen LogP) is 2.14. The van der Waals surface area contributed by atoms with Crippen molar-refractivity contribution >= 4 is 28.2 Å². The SMILES string of the molecule is CCCNC(=O)CN(C)CC(=O)Nc1sc2c(c1C#N)CC[C@H](C)C2. The van der Waals surface area contributed by atoms with Gasteiger partial charge in [-0.25, -0.2) is 0 Å². The largest absolute Gasteiger partial charge is 0.355 e. The van der Waals surface area contributed by atoms with Gasteiger partial charge in [0, 0.05) is 11.4 Å². The summed E-state index contributed by atoms with van der Waals surface area (Å²) in [4.78, 5) is 26.9. The first-order chi connectivity index (χ1) is 11.9. The van der Waals surface area contributed by atoms with Crippen LogP contribution in [0.3, 0.4) is 0 Å². The first kappa shape index (κ1) is 19.4. The minimum atomic E-state index is -0.200. The number of rotatable bonds is 7. The highest BCUT2D eigenvalue weighted by atomic mass is 32.1. The van der Waals surface area contributed by atoms with Crippen molar-refractivity contribution in [1.29, 1.82) is 5.26 Å². The molecule has 6 nitrogen and oxygen atoms in total. The lowest BCUT2D eigenvalue weighted by atomic mass is 9.89. The summed E-state index contributed by atoms with van der Waals surface area (Å²) >= 11 is 1.52. The van der Waals surface area contributed by atoms with Gasteiger partial charge in [-0.05, 0) is 44.2 Å². The van der Waals surface area contributed by atoms with Gasteiger partial charge in [0.25, 0.3) is 0 Å². The van der Waals surface area contributed by atoms with Crippen molar-refractivity contribution < 1.29 is 9.59 Å². The molecular weight excluding hydrogens is 336 g/mol. The smallest absolute Gasteiger partial charge is 0.239 e. The van der Waals surface area contributed by atoms with Crippen LogP contribution < -0.4 is 10.6 Å². The number of thiophene rings is 1. The highest BCUT2D eigenvalue weighted by molar-refractivity contribution is 7.16. The zero-order valence-electron chi connectivity index (χ0n) is 15.1. The number of nitrogens with zero attached hydrogens (tertiary/aromatic N) is 2. The van der Waals surface area contributed by atoms with Crippen LogP contribution in [0.2, 0.25) is 0 Å². The predicted molar refractivity (Wildman–Crippen MR) is 99.7 cm³/mol. The molecule has 0 saturated carbocycles. The van der Waals surface area contributed by atoms with Crippen molar-refractivity contribution in [2.45, 2.75) is 39.5 Å². The molecular formula is C18H26N4O2S. The van der Waals surface area contributed by atoms with Crippen molar-refractivity contribution in [3.8, 4) is 6.07 Å². The van der Waals surface area contributed by atoms with Crippen LogP contribution in [-0.2, 0) is 22.4 Å². The van der Waals surface area contributed by atoms with Crippen LogP contribution >= 0.6 is 11.3 Å². The summed E-state index contributed by atoms with van der Waals surface area (Å²) in [5, 5.41) is 15.8. The number of nitriles is 1. The third-order valence-electron chi connectivity index (χ3n) is 4.28. The van der Waals surface area contributed by atoms with Crippen molar-refractivity contribution in [3.05, 3.63) is 16.0 Å². The lowest BCUT2D eigenvalue weighted by Crippen LogP contribution is -2.39. The van der Waals surface area contributed by atoms with E-state index in [0.29, 0.717) is 23.0 Å². The second kappa shape index (κ2) is 8.97. The van der Waals surface area contributed by atoms with Gasteiger partial charge in [-0.3, -0.25) is 14.5 Å². The summed E-state index contributed by atoms with van der Waals surface area (Å²) in [6, 6.07) is 2.25. The van der Waals surface area contributed by atoms with Gasteiger partial charge in [-0.2, -0.15) is 5.26 Å². The molecule has 0 unspecified atom stereocenters. The fourth-order valence-corrected chi connectivity index (χ4v) is 4.37. The van der Waals surface area contributed by atoms with Gasteiger partial charge >= 0.3 is 0 Å². The lowest BCUT2D eigenvalue weighted by Gasteiger charge is -2.17. The molecule has 0 saturated heterocycles. The molecule has 1 aromatic rings. The highest BCUT2D eigenvalue weighted by Gasteiger charge is 2.24. The molecule has 0 aliphatic heterocycles. The van der Waals surface area contributed by atoms with Crippen LogP contribution in [-0.4, -0.2) is 43.4 Å². The Labute approximate surface area is 153 Å². The van der Waals surface area contributed by atoms with Crippen LogP contribution in [0.25, 0.3) is 0 Å². The molecule has 0 bridgehead atoms. The zero-order valence-corrected chi connectivity index (χ0v) is 16.0. The Morgan fingerprint density at radius 3 is 2.76 bits per heavy atom. The highest BCUT2D eigenvalue weighted by Crippen LogP contribution is 2.39. The summed E-state index contributed by atoms with van der Waals surface area (Å²) in [5.41, 5.74) is 1.72. The summed E-state index contributed by atoms with van der Waals surface area (Å²) in [7, 11) is 1.73. The summed E-state index contributed by atoms with van der Waals surface area (Å²) in [5.74, 6) is 0.332. The molecule has 0 fully saturated rings. The van der Waals surface area contributed by atoms with E-state index in [2.05, 4.69) is 23.6 Å². The molecule has 0 radical (unpaired) electrons. The van der Waals surface area contributed by atoms with Crippen molar-refractivity contribution in [2.24, 2.45) is 5.92 Å². The van der Waals surface area contributed by atoms with Gasteiger partial charge in [0.05, 0.1) is 18.7 Å². The van der Waals surface area contributed by atoms with Gasteiger partial charge in [0.15, 0.2) is 0 Å². The maximum Gasteiger partial charge on any atom is 0.239 e. The number of amides is 2. The summed E-state index contributed by atoms with van der Waals surface area (Å²) in [6.07, 6.45) is 3.85. The molecule has 1 aromatic heterocycles. The normalized spacial score (nSPS) is 16.2. The average molecular weight is 362 g/mol. The maximum atomic E-state index is 12.3. The quantitative estimate of drug-likeness (QED) is 0.778. The minimum Gasteiger partial charge on any atom is -0.355 e. The van der Waals surface area contributed by atoms with Gasteiger partial charge in [-0.15, -0.1) is 11.3 Å². The van der Waals surface area contributed by atoms with E-state index in [-0.39, 0.29) is 24.9 Å². The lowest BCUT2D eigenvalue weighted by molar-refractivity contribution is -0.122. The number of fused-ring (bicyclic) bond motifs is 1. The molecule has 0 aromatic carbocycles. The number of carbonyl (C=O) groups is 2. The Morgan fingerprint density at radius 2 is 2.08 bits per heavy atom. The molecule has 1 atom stereocenters. The molecule has 1 heterocycles. The minimum absolute atomic E-state index is 0.0876. The Balaban J connectivity index is 1.94. The Bertz CT molecular complexity index is 677. The first-order valence-corrected chi connectivity index (χ1v) is 9.55. The van der Waals surface area contributed by atoms with Gasteiger partial charge < -0.3 is 10.6 Å². The molecule has 2 N–H and O–H groups in total. The standard InChI is InChI=1S/C18H26N4O2S/c1-4-7-20-16(23)10-22(3)11-17(24)21-18-14(9-19)13-6-5-12(2)8-15(13)25-18/h12H,4-8,10-11H2,1-3H3,(H,20,23)(H,21,24)/t12-/m0/s1. The topological polar surface area (TPSA) is 85.2 Å². The number of anilines is 1. The Hall–Kier alpha value is -1.91. The Kier molecular flexibility index (Phi) is 6.97. The summed E-state index contributed by atoms with van der Waals surface area (Å²) in [6.45, 7) is 5.14. The van der Waals surface area contributed by atoms with Gasteiger partial charge in [0.2, 0.25) is 11.8 Å². The number of nitrogens with one attached hydrogen (secondary N) is 2. The van der Waals surface area contributed by atoms with Crippen molar-refractivity contribution in [2.75, 3.05) is 32.0 Å². The second-order valence-electron chi connectivity index (χ2n) is 6.74. The van der Waals surface area contributed by atoms with Crippen LogP contribution in [0.15, 0.2) is 0 Å². The van der Waals surface area contributed by atoms with Crippen LogP contribution in [0.4, 0.5) is 5.00 Å². The maximum absolute atomic E-state index is 12.3. The second-order valence-corrected chi connectivity index (χ2v) is 7.84. The van der Waals surface area contributed by atoms with E-state index >= 15 is 0 Å². The van der Waals surface area contributed by atoms with E-state index < -0.39 is 0 Å². The van der Waals surface area contributed by atoms with E-state index in [1.165, 1.54) is 16.2 Å². The fourth-order valence-electron chi connectivity index (χ4n) is 2.99. The number of likely N-dealkylation sites (N-methyl/N-ethyl adjacent to an activating group) is 1. The van der Waals surface area contributed by atoms with Crippen LogP contribution in [0.1, 0.15) is 42.7 Å². The van der Waals surface area contributed by atoms with E-state index in [1.54, 1.807) is 11.9 Å². The van der Waals surface area contributed by atoms with Crippen molar-refractivity contribution in [1.82, 2.24) is 10.2 Å². The monoisotopic (exact) mass is 362 g/mol. The first-order valence-electron chi connectivity index (χ1n) is 8.74. The number of hydrogen-bond donors (Lipinski definition) is 2. The van der Waals surface area contributed by atoms with E-state index in [0.717, 1.165) is 31.2 Å². The summed E-state index contributed by atoms with van der Waals surface area (Å²) < 4.78 is 0. The van der Waals surface area contributed by atoms with Crippen molar-refractivity contribution in [3.63, 3.8) is 0 Å².